The summed E-state index contributed by atoms with van der Waals surface area (Å²) in [4.78, 5) is 15.5. The first-order chi connectivity index (χ1) is 8.87. The Morgan fingerprint density at radius 3 is 2.68 bits per heavy atom. The fourth-order valence-electron chi connectivity index (χ4n) is 1.29. The van der Waals surface area contributed by atoms with Gasteiger partial charge in [-0.2, -0.15) is 0 Å². The molecule has 0 bridgehead atoms. The van der Waals surface area contributed by atoms with E-state index in [1.165, 1.54) is 0 Å². The van der Waals surface area contributed by atoms with Gasteiger partial charge >= 0.3 is 6.09 Å². The minimum absolute atomic E-state index is 0.380. The van der Waals surface area contributed by atoms with Crippen LogP contribution < -0.4 is 10.6 Å². The number of halogens is 1. The van der Waals surface area contributed by atoms with Crippen LogP contribution >= 0.6 is 15.9 Å². The van der Waals surface area contributed by atoms with Crippen molar-refractivity contribution in [3.63, 3.8) is 0 Å². The van der Waals surface area contributed by atoms with Crippen LogP contribution in [-0.2, 0) is 4.74 Å². The second-order valence-corrected chi connectivity index (χ2v) is 5.99. The van der Waals surface area contributed by atoms with Gasteiger partial charge in [0.1, 0.15) is 11.4 Å². The van der Waals surface area contributed by atoms with Gasteiger partial charge in [0.05, 0.1) is 0 Å². The van der Waals surface area contributed by atoms with Crippen LogP contribution in [0.3, 0.4) is 0 Å². The van der Waals surface area contributed by atoms with E-state index < -0.39 is 5.60 Å². The van der Waals surface area contributed by atoms with Crippen LogP contribution in [0.1, 0.15) is 27.2 Å². The summed E-state index contributed by atoms with van der Waals surface area (Å²) in [6, 6.07) is 3.82. The van der Waals surface area contributed by atoms with Crippen molar-refractivity contribution in [3.05, 3.63) is 22.8 Å². The minimum Gasteiger partial charge on any atom is -0.444 e. The third kappa shape index (κ3) is 7.66. The topological polar surface area (TPSA) is 63.2 Å². The van der Waals surface area contributed by atoms with Crippen molar-refractivity contribution < 1.29 is 9.53 Å². The van der Waals surface area contributed by atoms with Crippen LogP contribution in [0.5, 0.6) is 0 Å². The van der Waals surface area contributed by atoms with Crippen LogP contribution in [0, 0.1) is 0 Å². The molecule has 0 unspecified atom stereocenters. The highest BCUT2D eigenvalue weighted by molar-refractivity contribution is 9.10. The number of carbonyl (C=O) groups is 1. The molecule has 1 amide bonds. The summed E-state index contributed by atoms with van der Waals surface area (Å²) in [5, 5.41) is 5.88. The largest absolute Gasteiger partial charge is 0.444 e. The molecule has 0 spiro atoms. The molecule has 1 aromatic rings. The number of carbonyl (C=O) groups excluding carboxylic acids is 1. The summed E-state index contributed by atoms with van der Waals surface area (Å²) < 4.78 is 6.08. The predicted molar refractivity (Wildman–Crippen MR) is 79.3 cm³/mol. The average molecular weight is 330 g/mol. The van der Waals surface area contributed by atoms with Gasteiger partial charge in [0, 0.05) is 23.8 Å². The Morgan fingerprint density at radius 1 is 1.37 bits per heavy atom. The number of amides is 1. The lowest BCUT2D eigenvalue weighted by atomic mass is 10.2. The van der Waals surface area contributed by atoms with Crippen LogP contribution in [0.15, 0.2) is 22.8 Å². The van der Waals surface area contributed by atoms with E-state index in [9.17, 15) is 4.79 Å². The number of anilines is 1. The Labute approximate surface area is 122 Å². The molecule has 2 N–H and O–H groups in total. The molecule has 0 aliphatic rings. The molecule has 6 heteroatoms. The van der Waals surface area contributed by atoms with Gasteiger partial charge < -0.3 is 15.4 Å². The molecule has 0 radical (unpaired) electrons. The van der Waals surface area contributed by atoms with Crippen LogP contribution in [0.4, 0.5) is 10.6 Å². The summed E-state index contributed by atoms with van der Waals surface area (Å²) in [5.41, 5.74) is -0.455. The average Bonchev–Trinajstić information content (AvgIpc) is 2.29. The van der Waals surface area contributed by atoms with Gasteiger partial charge in [-0.1, -0.05) is 0 Å². The summed E-state index contributed by atoms with van der Waals surface area (Å²) in [6.45, 7) is 6.83. The highest BCUT2D eigenvalue weighted by Gasteiger charge is 2.15. The Bertz CT molecular complexity index is 401. The zero-order valence-electron chi connectivity index (χ0n) is 11.5. The lowest BCUT2D eigenvalue weighted by molar-refractivity contribution is 0.0528. The Hall–Kier alpha value is -1.30. The molecule has 106 valence electrons. The number of nitrogens with one attached hydrogen (secondary N) is 2. The van der Waals surface area contributed by atoms with E-state index in [-0.39, 0.29) is 6.09 Å². The van der Waals surface area contributed by atoms with E-state index in [0.717, 1.165) is 23.3 Å². The number of rotatable bonds is 5. The first-order valence-electron chi connectivity index (χ1n) is 6.19. The molecule has 0 atom stereocenters. The van der Waals surface area contributed by atoms with E-state index >= 15 is 0 Å². The normalized spacial score (nSPS) is 10.9. The van der Waals surface area contributed by atoms with Crippen molar-refractivity contribution >= 4 is 27.8 Å². The molecule has 0 saturated heterocycles. The lowest BCUT2D eigenvalue weighted by Gasteiger charge is -2.19. The van der Waals surface area contributed by atoms with Gasteiger partial charge in [-0.3, -0.25) is 0 Å². The molecule has 0 aliphatic carbocycles. The number of alkyl carbamates (subject to hydrolysis) is 1. The van der Waals surface area contributed by atoms with E-state index in [2.05, 4.69) is 31.5 Å². The van der Waals surface area contributed by atoms with Crippen LogP contribution in [0.2, 0.25) is 0 Å². The number of hydrogen-bond acceptors (Lipinski definition) is 4. The molecular weight excluding hydrogens is 310 g/mol. The van der Waals surface area contributed by atoms with Gasteiger partial charge in [-0.15, -0.1) is 0 Å². The van der Waals surface area contributed by atoms with E-state index in [0.29, 0.717) is 6.54 Å². The van der Waals surface area contributed by atoms with Gasteiger partial charge in [0.2, 0.25) is 0 Å². The second kappa shape index (κ2) is 7.33. The Balaban J connectivity index is 2.11. The van der Waals surface area contributed by atoms with Crippen molar-refractivity contribution in [1.29, 1.82) is 0 Å². The van der Waals surface area contributed by atoms with Crippen molar-refractivity contribution in [3.8, 4) is 0 Å². The SMILES string of the molecule is CC(C)(C)OC(=O)NCCCNc1ccc(Br)cn1. The van der Waals surface area contributed by atoms with Crippen molar-refractivity contribution in [2.24, 2.45) is 0 Å². The summed E-state index contributed by atoms with van der Waals surface area (Å²) >= 11 is 3.33. The standard InChI is InChI=1S/C13H20BrN3O2/c1-13(2,3)19-12(18)16-8-4-7-15-11-6-5-10(14)9-17-11/h5-6,9H,4,7-8H2,1-3H3,(H,15,17)(H,16,18). The van der Waals surface area contributed by atoms with Crippen LogP contribution in [0.25, 0.3) is 0 Å². The smallest absolute Gasteiger partial charge is 0.407 e. The molecule has 0 fully saturated rings. The predicted octanol–water partition coefficient (Wildman–Crippen LogP) is 3.17. The number of ether oxygens (including phenoxy) is 1. The highest BCUT2D eigenvalue weighted by Crippen LogP contribution is 2.10. The van der Waals surface area contributed by atoms with Crippen LogP contribution in [-0.4, -0.2) is 29.8 Å². The van der Waals surface area contributed by atoms with E-state index in [1.807, 2.05) is 32.9 Å². The molecule has 0 aliphatic heterocycles. The summed E-state index contributed by atoms with van der Waals surface area (Å²) in [7, 11) is 0. The quantitative estimate of drug-likeness (QED) is 0.814. The monoisotopic (exact) mass is 329 g/mol. The minimum atomic E-state index is -0.455. The first-order valence-corrected chi connectivity index (χ1v) is 6.98. The highest BCUT2D eigenvalue weighted by atomic mass is 79.9. The van der Waals surface area contributed by atoms with Gasteiger partial charge in [-0.25, -0.2) is 9.78 Å². The number of aromatic nitrogens is 1. The zero-order chi connectivity index (χ0) is 14.3. The molecule has 1 rings (SSSR count). The molecular formula is C13H20BrN3O2. The second-order valence-electron chi connectivity index (χ2n) is 5.07. The Morgan fingerprint density at radius 2 is 2.11 bits per heavy atom. The molecule has 5 nitrogen and oxygen atoms in total. The third-order valence-corrected chi connectivity index (χ3v) is 2.52. The Kier molecular flexibility index (Phi) is 6.08. The number of nitrogens with zero attached hydrogens (tertiary/aromatic N) is 1. The molecule has 0 saturated carbocycles. The van der Waals surface area contributed by atoms with Gasteiger partial charge in [-0.05, 0) is 55.3 Å². The maximum Gasteiger partial charge on any atom is 0.407 e. The molecule has 1 aromatic heterocycles. The molecule has 19 heavy (non-hydrogen) atoms. The van der Waals surface area contributed by atoms with Gasteiger partial charge in [0.25, 0.3) is 0 Å². The van der Waals surface area contributed by atoms with E-state index in [4.69, 9.17) is 4.74 Å². The number of pyridine rings is 1. The van der Waals surface area contributed by atoms with Crippen molar-refractivity contribution in [2.75, 3.05) is 18.4 Å². The zero-order valence-corrected chi connectivity index (χ0v) is 13.1. The third-order valence-electron chi connectivity index (χ3n) is 2.06. The van der Waals surface area contributed by atoms with Gasteiger partial charge in [0.15, 0.2) is 0 Å². The van der Waals surface area contributed by atoms with Crippen molar-refractivity contribution in [2.45, 2.75) is 32.8 Å². The molecule has 0 aromatic carbocycles. The fraction of sp³-hybridized carbons (Fsp3) is 0.538. The fourth-order valence-corrected chi connectivity index (χ4v) is 1.52. The maximum absolute atomic E-state index is 11.4. The first kappa shape index (κ1) is 15.8. The summed E-state index contributed by atoms with van der Waals surface area (Å²) in [5.74, 6) is 0.820. The number of hydrogen-bond donors (Lipinski definition) is 2. The van der Waals surface area contributed by atoms with E-state index in [1.54, 1.807) is 6.20 Å². The summed E-state index contributed by atoms with van der Waals surface area (Å²) in [6.07, 6.45) is 2.16. The molecule has 1 heterocycles. The maximum atomic E-state index is 11.4. The lowest BCUT2D eigenvalue weighted by Crippen LogP contribution is -2.33. The van der Waals surface area contributed by atoms with Crippen molar-refractivity contribution in [1.82, 2.24) is 10.3 Å².